The largest absolute Gasteiger partial charge is 0.483 e. The van der Waals surface area contributed by atoms with Gasteiger partial charge < -0.3 is 16.6 Å². The Morgan fingerprint density at radius 2 is 1.91 bits per heavy atom. The summed E-state index contributed by atoms with van der Waals surface area (Å²) in [6.45, 7) is 1.92. The fourth-order valence-corrected chi connectivity index (χ4v) is 0.630. The van der Waals surface area contributed by atoms with Gasteiger partial charge in [0.1, 0.15) is 0 Å². The molecule has 0 amide bonds. The number of carboxylic acid groups (broad SMARTS) is 1. The van der Waals surface area contributed by atoms with Crippen LogP contribution in [0.2, 0.25) is 0 Å². The van der Waals surface area contributed by atoms with Gasteiger partial charge in [0.05, 0.1) is 6.17 Å². The topological polar surface area (TPSA) is 89.3 Å². The first kappa shape index (κ1) is 13.0. The zero-order chi connectivity index (χ0) is 9.11. The highest BCUT2D eigenvalue weighted by molar-refractivity contribution is 5.32. The normalized spacial score (nSPS) is 8.73. The van der Waals surface area contributed by atoms with Gasteiger partial charge in [0.2, 0.25) is 0 Å². The predicted molar refractivity (Wildman–Crippen MR) is 45.0 cm³/mol. The predicted octanol–water partition coefficient (Wildman–Crippen LogP) is 0.511. The minimum absolute atomic E-state index is 0.0958. The molecule has 0 aliphatic heterocycles. The SMILES string of the molecule is CCCCCC(N)N.O=CO. The van der Waals surface area contributed by atoms with Crippen molar-refractivity contribution in [1.82, 2.24) is 0 Å². The van der Waals surface area contributed by atoms with Gasteiger partial charge in [0.15, 0.2) is 0 Å². The molecule has 0 aromatic heterocycles. The summed E-state index contributed by atoms with van der Waals surface area (Å²) in [5, 5.41) is 6.89. The third-order valence-electron chi connectivity index (χ3n) is 1.14. The molecule has 0 atom stereocenters. The molecule has 0 rings (SSSR count). The molecule has 0 saturated heterocycles. The molecule has 0 spiro atoms. The Morgan fingerprint density at radius 3 is 2.18 bits per heavy atom. The van der Waals surface area contributed by atoms with Crippen molar-refractivity contribution >= 4 is 6.47 Å². The molecule has 0 aliphatic carbocycles. The van der Waals surface area contributed by atoms with Crippen molar-refractivity contribution in [2.75, 3.05) is 0 Å². The van der Waals surface area contributed by atoms with Crippen molar-refractivity contribution in [2.24, 2.45) is 11.5 Å². The molecule has 0 saturated carbocycles. The van der Waals surface area contributed by atoms with E-state index >= 15 is 0 Å². The van der Waals surface area contributed by atoms with Crippen LogP contribution in [0.15, 0.2) is 0 Å². The molecule has 0 aliphatic rings. The lowest BCUT2D eigenvalue weighted by Crippen LogP contribution is -2.29. The Hall–Kier alpha value is -0.610. The first-order chi connectivity index (χ1) is 5.18. The van der Waals surface area contributed by atoms with Gasteiger partial charge in [-0.05, 0) is 6.42 Å². The van der Waals surface area contributed by atoms with Crippen LogP contribution < -0.4 is 11.5 Å². The molecule has 0 bridgehead atoms. The Morgan fingerprint density at radius 1 is 1.45 bits per heavy atom. The standard InChI is InChI=1S/C6H16N2.CH2O2/c1-2-3-4-5-6(7)8;2-1-3/h6H,2-5,7-8H2,1H3;1H,(H,2,3). The van der Waals surface area contributed by atoms with Crippen molar-refractivity contribution in [2.45, 2.75) is 38.8 Å². The number of hydrogen-bond acceptors (Lipinski definition) is 3. The van der Waals surface area contributed by atoms with Gasteiger partial charge in [-0.15, -0.1) is 0 Å². The van der Waals surface area contributed by atoms with Crippen LogP contribution in [-0.2, 0) is 4.79 Å². The molecule has 0 aromatic carbocycles. The second kappa shape index (κ2) is 12.1. The maximum atomic E-state index is 8.36. The minimum Gasteiger partial charge on any atom is -0.483 e. The van der Waals surface area contributed by atoms with Crippen LogP contribution in [0.1, 0.15) is 32.6 Å². The molecule has 0 aromatic rings. The van der Waals surface area contributed by atoms with E-state index in [4.69, 9.17) is 21.4 Å². The third kappa shape index (κ3) is 26.6. The lowest BCUT2D eigenvalue weighted by atomic mass is 10.2. The Balaban J connectivity index is 0. The number of nitrogens with two attached hydrogens (primary N) is 2. The fraction of sp³-hybridized carbons (Fsp3) is 0.857. The van der Waals surface area contributed by atoms with E-state index in [0.717, 1.165) is 6.42 Å². The lowest BCUT2D eigenvalue weighted by molar-refractivity contribution is -0.122. The average Bonchev–Trinajstić information content (AvgIpc) is 1.89. The molecule has 0 radical (unpaired) electrons. The summed E-state index contributed by atoms with van der Waals surface area (Å²) in [6, 6.07) is 0. The van der Waals surface area contributed by atoms with Gasteiger partial charge in [-0.2, -0.15) is 0 Å². The van der Waals surface area contributed by atoms with E-state index in [9.17, 15) is 0 Å². The number of carbonyl (C=O) groups is 1. The highest BCUT2D eigenvalue weighted by Crippen LogP contribution is 1.97. The number of unbranched alkanes of at least 4 members (excludes halogenated alkanes) is 2. The summed E-state index contributed by atoms with van der Waals surface area (Å²) in [4.78, 5) is 8.36. The molecular weight excluding hydrogens is 144 g/mol. The Kier molecular flexibility index (Phi) is 14.3. The molecule has 0 unspecified atom stereocenters. The van der Waals surface area contributed by atoms with Gasteiger partial charge in [-0.3, -0.25) is 4.79 Å². The van der Waals surface area contributed by atoms with Crippen LogP contribution in [0.4, 0.5) is 0 Å². The van der Waals surface area contributed by atoms with Crippen molar-refractivity contribution in [3.05, 3.63) is 0 Å². The molecule has 4 heteroatoms. The van der Waals surface area contributed by atoms with Crippen LogP contribution in [0.25, 0.3) is 0 Å². The Labute approximate surface area is 67.6 Å². The smallest absolute Gasteiger partial charge is 0.290 e. The van der Waals surface area contributed by atoms with E-state index in [1.807, 2.05) is 0 Å². The van der Waals surface area contributed by atoms with Gasteiger partial charge in [0, 0.05) is 0 Å². The summed E-state index contributed by atoms with van der Waals surface area (Å²) in [7, 11) is 0. The lowest BCUT2D eigenvalue weighted by Gasteiger charge is -2.01. The van der Waals surface area contributed by atoms with Crippen LogP contribution in [0, 0.1) is 0 Å². The second-order valence-electron chi connectivity index (χ2n) is 2.27. The Bertz CT molecular complexity index is 76.8. The maximum absolute atomic E-state index is 8.36. The van der Waals surface area contributed by atoms with Crippen molar-refractivity contribution in [3.63, 3.8) is 0 Å². The van der Waals surface area contributed by atoms with Crippen LogP contribution in [0.3, 0.4) is 0 Å². The first-order valence-electron chi connectivity index (χ1n) is 3.78. The number of hydrogen-bond donors (Lipinski definition) is 3. The van der Waals surface area contributed by atoms with Gasteiger partial charge in [-0.1, -0.05) is 26.2 Å². The second-order valence-corrected chi connectivity index (χ2v) is 2.27. The number of rotatable bonds is 4. The minimum atomic E-state index is -0.250. The quantitative estimate of drug-likeness (QED) is 0.319. The van der Waals surface area contributed by atoms with Crippen LogP contribution in [-0.4, -0.2) is 17.7 Å². The van der Waals surface area contributed by atoms with Crippen molar-refractivity contribution in [3.8, 4) is 0 Å². The average molecular weight is 162 g/mol. The highest BCUT2D eigenvalue weighted by Gasteiger charge is 1.90. The third-order valence-corrected chi connectivity index (χ3v) is 1.14. The fourth-order valence-electron chi connectivity index (χ4n) is 0.630. The van der Waals surface area contributed by atoms with E-state index in [-0.39, 0.29) is 12.6 Å². The summed E-state index contributed by atoms with van der Waals surface area (Å²) in [6.07, 6.45) is 4.54. The van der Waals surface area contributed by atoms with E-state index < -0.39 is 0 Å². The van der Waals surface area contributed by atoms with E-state index in [1.165, 1.54) is 19.3 Å². The molecule has 11 heavy (non-hydrogen) atoms. The molecule has 5 N–H and O–H groups in total. The van der Waals surface area contributed by atoms with Crippen LogP contribution >= 0.6 is 0 Å². The summed E-state index contributed by atoms with van der Waals surface area (Å²) >= 11 is 0. The zero-order valence-electron chi connectivity index (χ0n) is 6.99. The van der Waals surface area contributed by atoms with E-state index in [2.05, 4.69) is 6.92 Å². The van der Waals surface area contributed by atoms with E-state index in [0.29, 0.717) is 0 Å². The summed E-state index contributed by atoms with van der Waals surface area (Å²) in [5.41, 5.74) is 10.6. The molecule has 0 heterocycles. The molecule has 68 valence electrons. The van der Waals surface area contributed by atoms with E-state index in [1.54, 1.807) is 0 Å². The molecular formula is C7H18N2O2. The van der Waals surface area contributed by atoms with Crippen LogP contribution in [0.5, 0.6) is 0 Å². The monoisotopic (exact) mass is 162 g/mol. The van der Waals surface area contributed by atoms with Crippen molar-refractivity contribution in [1.29, 1.82) is 0 Å². The molecule has 4 nitrogen and oxygen atoms in total. The van der Waals surface area contributed by atoms with Gasteiger partial charge >= 0.3 is 0 Å². The zero-order valence-corrected chi connectivity index (χ0v) is 6.99. The molecule has 0 fully saturated rings. The van der Waals surface area contributed by atoms with Gasteiger partial charge in [0.25, 0.3) is 6.47 Å². The van der Waals surface area contributed by atoms with Gasteiger partial charge in [-0.25, -0.2) is 0 Å². The summed E-state index contributed by atoms with van der Waals surface area (Å²) < 4.78 is 0. The van der Waals surface area contributed by atoms with Crippen molar-refractivity contribution < 1.29 is 9.90 Å². The maximum Gasteiger partial charge on any atom is 0.290 e. The summed E-state index contributed by atoms with van der Waals surface area (Å²) in [5.74, 6) is 0. The highest BCUT2D eigenvalue weighted by atomic mass is 16.3. The first-order valence-corrected chi connectivity index (χ1v) is 3.78.